The molecule has 0 radical (unpaired) electrons. The van der Waals surface area contributed by atoms with E-state index in [9.17, 15) is 27.2 Å². The molecule has 0 aliphatic carbocycles. The van der Waals surface area contributed by atoms with Crippen LogP contribution in [0.25, 0.3) is 11.1 Å². The standard InChI is InChI=1S/C21H15F4N5O3/c22-15-3-1-11(12-9-27-19(26)28-10-12)7-14(15)18(31)29-16-8-13(21(23,24)25)2-4-17(16)30-5-6-33-20(30)32/h1-4,7-10H,5-6H2,(H,29,31)(H2,26,27,28). The Morgan fingerprint density at radius 2 is 1.82 bits per heavy atom. The Kier molecular flexibility index (Phi) is 5.58. The maximum absolute atomic E-state index is 14.5. The Morgan fingerprint density at radius 1 is 1.09 bits per heavy atom. The van der Waals surface area contributed by atoms with Crippen molar-refractivity contribution in [2.75, 3.05) is 29.1 Å². The van der Waals surface area contributed by atoms with Crippen molar-refractivity contribution in [1.82, 2.24) is 9.97 Å². The van der Waals surface area contributed by atoms with E-state index in [0.717, 1.165) is 23.1 Å². The Hall–Kier alpha value is -4.22. The molecule has 1 aliphatic rings. The lowest BCUT2D eigenvalue weighted by Crippen LogP contribution is -2.26. The summed E-state index contributed by atoms with van der Waals surface area (Å²) in [5, 5.41) is 2.29. The molecule has 0 saturated carbocycles. The molecule has 2 heterocycles. The van der Waals surface area contributed by atoms with Crippen molar-refractivity contribution in [3.63, 3.8) is 0 Å². The van der Waals surface area contributed by atoms with E-state index in [1.807, 2.05) is 0 Å². The molecule has 1 aromatic heterocycles. The molecule has 1 aliphatic heterocycles. The molecule has 3 aromatic rings. The molecular weight excluding hydrogens is 446 g/mol. The molecule has 2 amide bonds. The van der Waals surface area contributed by atoms with E-state index >= 15 is 0 Å². The number of ether oxygens (including phenoxy) is 1. The summed E-state index contributed by atoms with van der Waals surface area (Å²) in [4.78, 5) is 33.5. The Labute approximate surface area is 184 Å². The molecule has 1 saturated heterocycles. The highest BCUT2D eigenvalue weighted by atomic mass is 19.4. The number of carbonyl (C=O) groups is 2. The summed E-state index contributed by atoms with van der Waals surface area (Å²) in [6.45, 7) is 0.113. The number of nitrogens with two attached hydrogens (primary N) is 1. The minimum atomic E-state index is -4.70. The molecule has 0 unspecified atom stereocenters. The number of carbonyl (C=O) groups excluding carboxylic acids is 2. The average molecular weight is 461 g/mol. The van der Waals surface area contributed by atoms with Crippen LogP contribution in [-0.2, 0) is 10.9 Å². The van der Waals surface area contributed by atoms with E-state index in [4.69, 9.17) is 10.5 Å². The first-order chi connectivity index (χ1) is 15.6. The van der Waals surface area contributed by atoms with Crippen molar-refractivity contribution in [3.8, 4) is 11.1 Å². The largest absolute Gasteiger partial charge is 0.447 e. The van der Waals surface area contributed by atoms with Gasteiger partial charge in [-0.15, -0.1) is 0 Å². The fourth-order valence-corrected chi connectivity index (χ4v) is 3.22. The zero-order valence-corrected chi connectivity index (χ0v) is 16.7. The highest BCUT2D eigenvalue weighted by Gasteiger charge is 2.33. The van der Waals surface area contributed by atoms with Crippen LogP contribution in [-0.4, -0.2) is 35.1 Å². The fourth-order valence-electron chi connectivity index (χ4n) is 3.22. The number of aromatic nitrogens is 2. The minimum absolute atomic E-state index is 0.0117. The first kappa shape index (κ1) is 22.0. The lowest BCUT2D eigenvalue weighted by molar-refractivity contribution is -0.137. The normalized spacial score (nSPS) is 13.7. The topological polar surface area (TPSA) is 110 Å². The number of cyclic esters (lactones) is 1. The van der Waals surface area contributed by atoms with Gasteiger partial charge in [-0.05, 0) is 35.9 Å². The van der Waals surface area contributed by atoms with Crippen molar-refractivity contribution >= 4 is 29.3 Å². The molecular formula is C21H15F4N5O3. The molecule has 0 spiro atoms. The van der Waals surface area contributed by atoms with Crippen LogP contribution in [0.4, 0.5) is 39.7 Å². The number of rotatable bonds is 4. The van der Waals surface area contributed by atoms with E-state index in [1.54, 1.807) is 0 Å². The number of halogens is 4. The number of nitrogen functional groups attached to an aromatic ring is 1. The van der Waals surface area contributed by atoms with Crippen LogP contribution in [0.3, 0.4) is 0 Å². The maximum Gasteiger partial charge on any atom is 0.416 e. The molecule has 4 rings (SSSR count). The summed E-state index contributed by atoms with van der Waals surface area (Å²) in [6.07, 6.45) is -2.73. The quantitative estimate of drug-likeness (QED) is 0.567. The smallest absolute Gasteiger partial charge is 0.416 e. The molecule has 8 nitrogen and oxygen atoms in total. The van der Waals surface area contributed by atoms with E-state index in [2.05, 4.69) is 15.3 Å². The van der Waals surface area contributed by atoms with Crippen LogP contribution in [0.1, 0.15) is 15.9 Å². The number of amides is 2. The van der Waals surface area contributed by atoms with Gasteiger partial charge in [0.15, 0.2) is 0 Å². The van der Waals surface area contributed by atoms with Crippen LogP contribution < -0.4 is 16.0 Å². The van der Waals surface area contributed by atoms with Gasteiger partial charge in [0.1, 0.15) is 12.4 Å². The molecule has 2 aromatic carbocycles. The summed E-state index contributed by atoms with van der Waals surface area (Å²) in [7, 11) is 0. The summed E-state index contributed by atoms with van der Waals surface area (Å²) >= 11 is 0. The number of nitrogens with one attached hydrogen (secondary N) is 1. The van der Waals surface area contributed by atoms with Gasteiger partial charge >= 0.3 is 12.3 Å². The second-order valence-electron chi connectivity index (χ2n) is 6.97. The van der Waals surface area contributed by atoms with Crippen LogP contribution in [0.2, 0.25) is 0 Å². The molecule has 170 valence electrons. The lowest BCUT2D eigenvalue weighted by Gasteiger charge is -2.20. The Bertz CT molecular complexity index is 1230. The van der Waals surface area contributed by atoms with Gasteiger partial charge in [0.05, 0.1) is 29.0 Å². The molecule has 33 heavy (non-hydrogen) atoms. The van der Waals surface area contributed by atoms with Gasteiger partial charge in [-0.1, -0.05) is 6.07 Å². The first-order valence-corrected chi connectivity index (χ1v) is 9.48. The van der Waals surface area contributed by atoms with Gasteiger partial charge in [0, 0.05) is 18.0 Å². The van der Waals surface area contributed by atoms with Crippen molar-refractivity contribution in [2.45, 2.75) is 6.18 Å². The third kappa shape index (κ3) is 4.54. The van der Waals surface area contributed by atoms with Crippen molar-refractivity contribution in [1.29, 1.82) is 0 Å². The zero-order valence-electron chi connectivity index (χ0n) is 16.7. The van der Waals surface area contributed by atoms with Crippen LogP contribution >= 0.6 is 0 Å². The molecule has 0 atom stereocenters. The lowest BCUT2D eigenvalue weighted by atomic mass is 10.0. The first-order valence-electron chi connectivity index (χ1n) is 9.48. The molecule has 3 N–H and O–H groups in total. The Morgan fingerprint density at radius 3 is 2.45 bits per heavy atom. The van der Waals surface area contributed by atoms with Gasteiger partial charge in [-0.25, -0.2) is 19.2 Å². The van der Waals surface area contributed by atoms with E-state index in [0.29, 0.717) is 17.2 Å². The number of hydrogen-bond acceptors (Lipinski definition) is 6. The zero-order chi connectivity index (χ0) is 23.8. The molecule has 1 fully saturated rings. The highest BCUT2D eigenvalue weighted by molar-refractivity contribution is 6.08. The summed E-state index contributed by atoms with van der Waals surface area (Å²) in [6, 6.07) is 6.12. The van der Waals surface area contributed by atoms with Crippen molar-refractivity contribution in [2.24, 2.45) is 0 Å². The van der Waals surface area contributed by atoms with Gasteiger partial charge < -0.3 is 15.8 Å². The van der Waals surface area contributed by atoms with Gasteiger partial charge in [-0.3, -0.25) is 9.69 Å². The second kappa shape index (κ2) is 8.37. The summed E-state index contributed by atoms with van der Waals surface area (Å²) in [5.74, 6) is -1.89. The maximum atomic E-state index is 14.5. The Balaban J connectivity index is 1.71. The van der Waals surface area contributed by atoms with Crippen LogP contribution in [0.5, 0.6) is 0 Å². The summed E-state index contributed by atoms with van der Waals surface area (Å²) < 4.78 is 59.0. The van der Waals surface area contributed by atoms with Gasteiger partial charge in [0.25, 0.3) is 5.91 Å². The van der Waals surface area contributed by atoms with E-state index < -0.39 is 35.1 Å². The number of hydrogen-bond donors (Lipinski definition) is 2. The average Bonchev–Trinajstić information content (AvgIpc) is 3.19. The predicted octanol–water partition coefficient (Wildman–Crippen LogP) is 4.09. The van der Waals surface area contributed by atoms with Crippen molar-refractivity contribution < 1.29 is 31.9 Å². The van der Waals surface area contributed by atoms with Crippen molar-refractivity contribution in [3.05, 3.63) is 65.7 Å². The highest BCUT2D eigenvalue weighted by Crippen LogP contribution is 2.36. The third-order valence-corrected chi connectivity index (χ3v) is 4.84. The van der Waals surface area contributed by atoms with E-state index in [-0.39, 0.29) is 30.5 Å². The van der Waals surface area contributed by atoms with E-state index in [1.165, 1.54) is 24.5 Å². The number of nitrogens with zero attached hydrogens (tertiary/aromatic N) is 3. The second-order valence-corrected chi connectivity index (χ2v) is 6.97. The molecule has 12 heteroatoms. The summed E-state index contributed by atoms with van der Waals surface area (Å²) in [5.41, 5.74) is 4.45. The predicted molar refractivity (Wildman–Crippen MR) is 110 cm³/mol. The van der Waals surface area contributed by atoms with Crippen LogP contribution in [0, 0.1) is 5.82 Å². The monoisotopic (exact) mass is 461 g/mol. The fraction of sp³-hybridized carbons (Fsp3) is 0.143. The SMILES string of the molecule is Nc1ncc(-c2ccc(F)c(C(=O)Nc3cc(C(F)(F)F)ccc3N3CCOC3=O)c2)cn1. The number of alkyl halides is 3. The minimum Gasteiger partial charge on any atom is -0.447 e. The van der Waals surface area contributed by atoms with Crippen LogP contribution in [0.15, 0.2) is 48.8 Å². The number of anilines is 3. The van der Waals surface area contributed by atoms with Gasteiger partial charge in [-0.2, -0.15) is 13.2 Å². The van der Waals surface area contributed by atoms with Gasteiger partial charge in [0.2, 0.25) is 5.95 Å². The number of benzene rings is 2. The third-order valence-electron chi connectivity index (χ3n) is 4.84. The molecule has 0 bridgehead atoms.